The molecule has 0 saturated carbocycles. The van der Waals surface area contributed by atoms with Gasteiger partial charge >= 0.3 is 0 Å². The topological polar surface area (TPSA) is 13.1 Å². The molecule has 0 fully saturated rings. The van der Waals surface area contributed by atoms with Crippen molar-refractivity contribution in [3.63, 3.8) is 0 Å². The number of para-hydroxylation sites is 6. The van der Waals surface area contributed by atoms with Gasteiger partial charge in [-0.1, -0.05) is 188 Å². The second kappa shape index (κ2) is 17.4. The van der Waals surface area contributed by atoms with E-state index in [1.54, 1.807) is 0 Å². The van der Waals surface area contributed by atoms with Gasteiger partial charge in [0.2, 0.25) is 0 Å². The van der Waals surface area contributed by atoms with Crippen LogP contribution in [0.3, 0.4) is 0 Å². The van der Waals surface area contributed by atoms with Gasteiger partial charge in [0.15, 0.2) is 0 Å². The van der Waals surface area contributed by atoms with Crippen molar-refractivity contribution < 1.29 is 0 Å². The van der Waals surface area contributed by atoms with E-state index < -0.39 is 0 Å². The van der Waals surface area contributed by atoms with Gasteiger partial charge in [-0.15, -0.1) is 0 Å². The largest absolute Gasteiger partial charge is 0.310 e. The molecule has 75 heavy (non-hydrogen) atoms. The maximum atomic E-state index is 2.46. The Bertz CT molecular complexity index is 4430. The van der Waals surface area contributed by atoms with Gasteiger partial charge in [0.1, 0.15) is 0 Å². The van der Waals surface area contributed by atoms with Crippen molar-refractivity contribution in [1.29, 1.82) is 0 Å². The van der Waals surface area contributed by atoms with Crippen LogP contribution >= 0.6 is 0 Å². The highest BCUT2D eigenvalue weighted by Crippen LogP contribution is 2.48. The average Bonchev–Trinajstić information content (AvgIpc) is 4.05. The molecule has 0 bridgehead atoms. The Kier molecular flexibility index (Phi) is 9.89. The number of rotatable bonds is 8. The molecule has 0 unspecified atom stereocenters. The molecule has 0 N–H and O–H groups in total. The van der Waals surface area contributed by atoms with E-state index in [1.165, 1.54) is 92.6 Å². The molecule has 0 spiro atoms. The predicted molar refractivity (Wildman–Crippen MR) is 319 cm³/mol. The SMILES string of the molecule is c1ccc(N(c2ccccc2)c2ccc(-c3cc(-c4cc5c(c6ccccc46)c4ccccc4n5-c4ccccc4)cc(-c4cc5c(c6ccccc46)c4ccccc4n5-c4ccccc4)c3)c3ccccc23)cc1. The quantitative estimate of drug-likeness (QED) is 0.148. The van der Waals surface area contributed by atoms with E-state index in [9.17, 15) is 0 Å². The molecule has 2 heterocycles. The lowest BCUT2D eigenvalue weighted by Gasteiger charge is -2.27. The standard InChI is InChI=1S/C72H47N3/c1-5-23-51(24-6-1)73(52-25-7-2-8-26-52)68-42-41-55(56-31-13-16-34-59(56)68)48-43-49(64-46-69-71(60-35-17-14-32-57(60)64)62-37-19-21-39-66(62)74(69)53-27-9-3-10-28-53)45-50(44-48)65-47-70-72(61-36-18-15-33-58(61)65)63-38-20-22-40-67(63)75(70)54-29-11-4-12-30-54/h1-47H. The van der Waals surface area contributed by atoms with Crippen molar-refractivity contribution in [3.8, 4) is 44.8 Å². The van der Waals surface area contributed by atoms with E-state index >= 15 is 0 Å². The third kappa shape index (κ3) is 6.83. The molecule has 3 nitrogen and oxygen atoms in total. The van der Waals surface area contributed by atoms with Gasteiger partial charge < -0.3 is 14.0 Å². The van der Waals surface area contributed by atoms with E-state index in [1.807, 2.05) is 0 Å². The van der Waals surface area contributed by atoms with Gasteiger partial charge in [0.05, 0.1) is 27.8 Å². The number of nitrogens with zero attached hydrogens (tertiary/aromatic N) is 3. The van der Waals surface area contributed by atoms with E-state index in [0.29, 0.717) is 0 Å². The summed E-state index contributed by atoms with van der Waals surface area (Å²) >= 11 is 0. The van der Waals surface area contributed by atoms with Crippen LogP contribution in [0.25, 0.3) is 121 Å². The molecule has 0 saturated heterocycles. The number of anilines is 3. The van der Waals surface area contributed by atoms with Gasteiger partial charge in [-0.2, -0.15) is 0 Å². The van der Waals surface area contributed by atoms with Gasteiger partial charge in [-0.05, 0) is 157 Å². The van der Waals surface area contributed by atoms with Crippen LogP contribution in [0.15, 0.2) is 285 Å². The number of hydrogen-bond acceptors (Lipinski definition) is 1. The zero-order chi connectivity index (χ0) is 49.4. The van der Waals surface area contributed by atoms with Crippen molar-refractivity contribution in [3.05, 3.63) is 285 Å². The molecule has 350 valence electrons. The first-order valence-electron chi connectivity index (χ1n) is 25.8. The predicted octanol–water partition coefficient (Wildman–Crippen LogP) is 19.8. The fourth-order valence-electron chi connectivity index (χ4n) is 12.3. The zero-order valence-corrected chi connectivity index (χ0v) is 41.0. The molecule has 0 amide bonds. The normalized spacial score (nSPS) is 11.7. The summed E-state index contributed by atoms with van der Waals surface area (Å²) in [5, 5.41) is 12.3. The van der Waals surface area contributed by atoms with Gasteiger partial charge in [-0.25, -0.2) is 0 Å². The smallest absolute Gasteiger partial charge is 0.0553 e. The molecule has 13 aromatic carbocycles. The minimum atomic E-state index is 1.11. The first-order chi connectivity index (χ1) is 37.2. The second-order valence-electron chi connectivity index (χ2n) is 19.6. The maximum absolute atomic E-state index is 2.46. The summed E-state index contributed by atoms with van der Waals surface area (Å²) in [6, 6.07) is 105. The summed E-state index contributed by atoms with van der Waals surface area (Å²) in [5.74, 6) is 0. The molecular weight excluding hydrogens is 907 g/mol. The van der Waals surface area contributed by atoms with Crippen LogP contribution in [-0.2, 0) is 0 Å². The minimum Gasteiger partial charge on any atom is -0.310 e. The van der Waals surface area contributed by atoms with Crippen LogP contribution < -0.4 is 4.90 Å². The Balaban J connectivity index is 1.05. The monoisotopic (exact) mass is 953 g/mol. The number of benzene rings is 13. The molecule has 0 aliphatic carbocycles. The van der Waals surface area contributed by atoms with Crippen molar-refractivity contribution in [2.45, 2.75) is 0 Å². The van der Waals surface area contributed by atoms with Gasteiger partial charge in [0.25, 0.3) is 0 Å². The Labute approximate surface area is 434 Å². The van der Waals surface area contributed by atoms with Crippen molar-refractivity contribution in [2.24, 2.45) is 0 Å². The maximum Gasteiger partial charge on any atom is 0.0553 e. The highest BCUT2D eigenvalue weighted by Gasteiger charge is 2.23. The van der Waals surface area contributed by atoms with E-state index in [0.717, 1.165) is 45.1 Å². The van der Waals surface area contributed by atoms with Crippen molar-refractivity contribution in [2.75, 3.05) is 4.90 Å². The van der Waals surface area contributed by atoms with Gasteiger partial charge in [0, 0.05) is 49.7 Å². The third-order valence-corrected chi connectivity index (χ3v) is 15.4. The van der Waals surface area contributed by atoms with Crippen LogP contribution in [0.5, 0.6) is 0 Å². The summed E-state index contributed by atoms with van der Waals surface area (Å²) in [6.45, 7) is 0. The molecule has 0 radical (unpaired) electrons. The number of fused-ring (bicyclic) bond motifs is 11. The molecule has 15 rings (SSSR count). The number of hydrogen-bond donors (Lipinski definition) is 0. The van der Waals surface area contributed by atoms with Crippen LogP contribution in [0, 0.1) is 0 Å². The highest BCUT2D eigenvalue weighted by molar-refractivity contribution is 6.26. The summed E-state index contributed by atoms with van der Waals surface area (Å²) in [7, 11) is 0. The van der Waals surface area contributed by atoms with Crippen LogP contribution in [-0.4, -0.2) is 9.13 Å². The van der Waals surface area contributed by atoms with Crippen LogP contribution in [0.1, 0.15) is 0 Å². The van der Waals surface area contributed by atoms with Crippen LogP contribution in [0.2, 0.25) is 0 Å². The second-order valence-corrected chi connectivity index (χ2v) is 19.6. The highest BCUT2D eigenvalue weighted by atomic mass is 15.1. The van der Waals surface area contributed by atoms with E-state index in [-0.39, 0.29) is 0 Å². The van der Waals surface area contributed by atoms with E-state index in [4.69, 9.17) is 0 Å². The van der Waals surface area contributed by atoms with Gasteiger partial charge in [-0.3, -0.25) is 0 Å². The van der Waals surface area contributed by atoms with Crippen LogP contribution in [0.4, 0.5) is 17.1 Å². The summed E-state index contributed by atoms with van der Waals surface area (Å²) in [6.07, 6.45) is 0. The fraction of sp³-hybridized carbons (Fsp3) is 0. The molecule has 0 aliphatic rings. The molecule has 2 aromatic heterocycles. The average molecular weight is 954 g/mol. The van der Waals surface area contributed by atoms with Crippen molar-refractivity contribution >= 4 is 93.0 Å². The Morgan fingerprint density at radius 1 is 0.227 bits per heavy atom. The van der Waals surface area contributed by atoms with E-state index in [2.05, 4.69) is 299 Å². The first kappa shape index (κ1) is 42.7. The molecule has 0 aliphatic heterocycles. The lowest BCUT2D eigenvalue weighted by atomic mass is 9.87. The third-order valence-electron chi connectivity index (χ3n) is 15.4. The minimum absolute atomic E-state index is 1.11. The van der Waals surface area contributed by atoms with Crippen molar-refractivity contribution in [1.82, 2.24) is 9.13 Å². The molecular formula is C72H47N3. The Hall–Kier alpha value is -9.96. The lowest BCUT2D eigenvalue weighted by Crippen LogP contribution is -2.10. The Morgan fingerprint density at radius 3 is 1.00 bits per heavy atom. The summed E-state index contributed by atoms with van der Waals surface area (Å²) in [5.41, 5.74) is 17.4. The summed E-state index contributed by atoms with van der Waals surface area (Å²) < 4.78 is 4.90. The summed E-state index contributed by atoms with van der Waals surface area (Å²) in [4.78, 5) is 2.38. The lowest BCUT2D eigenvalue weighted by molar-refractivity contribution is 1.18. The zero-order valence-electron chi connectivity index (χ0n) is 41.0. The molecule has 0 atom stereocenters. The molecule has 15 aromatic rings. The molecule has 3 heteroatoms. The Morgan fingerprint density at radius 2 is 0.560 bits per heavy atom. The number of aromatic nitrogens is 2. The first-order valence-corrected chi connectivity index (χ1v) is 25.8. The fourth-order valence-corrected chi connectivity index (χ4v) is 12.3.